The maximum absolute atomic E-state index is 9.24. The van der Waals surface area contributed by atoms with Crippen molar-refractivity contribution in [2.75, 3.05) is 26.7 Å². The van der Waals surface area contributed by atoms with Gasteiger partial charge < -0.3 is 0 Å². The topological polar surface area (TPSA) is 30.3 Å². The van der Waals surface area contributed by atoms with Crippen molar-refractivity contribution in [1.29, 1.82) is 5.26 Å². The van der Waals surface area contributed by atoms with Gasteiger partial charge >= 0.3 is 0 Å². The molecule has 1 saturated heterocycles. The van der Waals surface area contributed by atoms with Gasteiger partial charge in [0, 0.05) is 24.2 Å². The normalized spacial score (nSPS) is 25.9. The molecule has 3 nitrogen and oxygen atoms in total. The van der Waals surface area contributed by atoms with Crippen molar-refractivity contribution in [3.8, 4) is 6.07 Å². The summed E-state index contributed by atoms with van der Waals surface area (Å²) in [6, 6.07) is 10.5. The van der Waals surface area contributed by atoms with Gasteiger partial charge in [0.15, 0.2) is 0 Å². The van der Waals surface area contributed by atoms with E-state index in [9.17, 15) is 5.26 Å². The minimum Gasteiger partial charge on any atom is -0.299 e. The summed E-state index contributed by atoms with van der Waals surface area (Å²) >= 11 is 5.92. The van der Waals surface area contributed by atoms with Crippen molar-refractivity contribution in [1.82, 2.24) is 9.80 Å². The fourth-order valence-electron chi connectivity index (χ4n) is 2.45. The Labute approximate surface area is 114 Å². The first kappa shape index (κ1) is 13.4. The summed E-state index contributed by atoms with van der Waals surface area (Å²) in [5.74, 6) is 0. The third-order valence-electron chi connectivity index (χ3n) is 3.70. The average molecular weight is 264 g/mol. The van der Waals surface area contributed by atoms with Crippen LogP contribution in [0, 0.1) is 11.3 Å². The predicted octanol–water partition coefficient (Wildman–Crippen LogP) is 2.54. The lowest BCUT2D eigenvalue weighted by Gasteiger charge is -2.42. The summed E-state index contributed by atoms with van der Waals surface area (Å²) < 4.78 is 0. The van der Waals surface area contributed by atoms with Gasteiger partial charge in [-0.3, -0.25) is 9.80 Å². The first-order valence-corrected chi connectivity index (χ1v) is 6.63. The molecule has 1 aromatic rings. The Morgan fingerprint density at radius 3 is 2.56 bits per heavy atom. The predicted molar refractivity (Wildman–Crippen MR) is 73.5 cm³/mol. The molecule has 1 aliphatic heterocycles. The molecule has 96 valence electrons. The van der Waals surface area contributed by atoms with Crippen LogP contribution in [0.4, 0.5) is 0 Å². The van der Waals surface area contributed by atoms with Gasteiger partial charge in [0.05, 0.1) is 6.07 Å². The molecule has 0 amide bonds. The van der Waals surface area contributed by atoms with E-state index in [1.54, 1.807) is 0 Å². The van der Waals surface area contributed by atoms with E-state index in [4.69, 9.17) is 11.6 Å². The van der Waals surface area contributed by atoms with E-state index < -0.39 is 0 Å². The van der Waals surface area contributed by atoms with Gasteiger partial charge in [0.25, 0.3) is 0 Å². The van der Waals surface area contributed by atoms with E-state index >= 15 is 0 Å². The van der Waals surface area contributed by atoms with Crippen molar-refractivity contribution in [2.45, 2.75) is 19.0 Å². The molecule has 18 heavy (non-hydrogen) atoms. The first-order valence-electron chi connectivity index (χ1n) is 6.25. The molecule has 0 bridgehead atoms. The van der Waals surface area contributed by atoms with Crippen molar-refractivity contribution < 1.29 is 0 Å². The number of hydrogen-bond donors (Lipinski definition) is 0. The van der Waals surface area contributed by atoms with E-state index in [2.05, 4.69) is 34.9 Å². The third kappa shape index (κ3) is 2.67. The molecule has 2 rings (SSSR count). The highest BCUT2D eigenvalue weighted by atomic mass is 35.5. The van der Waals surface area contributed by atoms with Gasteiger partial charge in [-0.2, -0.15) is 5.26 Å². The second-order valence-electron chi connectivity index (χ2n) is 4.73. The molecule has 0 aliphatic carbocycles. The molecule has 1 aliphatic rings. The Bertz CT molecular complexity index is 437. The lowest BCUT2D eigenvalue weighted by atomic mass is 10.00. The smallest absolute Gasteiger partial charge is 0.111 e. The second-order valence-corrected chi connectivity index (χ2v) is 5.17. The molecule has 1 heterocycles. The van der Waals surface area contributed by atoms with E-state index in [1.165, 1.54) is 5.56 Å². The highest BCUT2D eigenvalue weighted by Gasteiger charge is 2.32. The van der Waals surface area contributed by atoms with Crippen LogP contribution in [0.5, 0.6) is 0 Å². The zero-order valence-electron chi connectivity index (χ0n) is 10.8. The number of benzene rings is 1. The molecular weight excluding hydrogens is 246 g/mol. The summed E-state index contributed by atoms with van der Waals surface area (Å²) in [4.78, 5) is 4.49. The maximum atomic E-state index is 9.24. The van der Waals surface area contributed by atoms with Crippen LogP contribution in [0.15, 0.2) is 24.3 Å². The van der Waals surface area contributed by atoms with Crippen molar-refractivity contribution >= 4 is 11.6 Å². The monoisotopic (exact) mass is 263 g/mol. The highest BCUT2D eigenvalue weighted by Crippen LogP contribution is 2.27. The van der Waals surface area contributed by atoms with Gasteiger partial charge in [-0.1, -0.05) is 30.7 Å². The number of hydrogen-bond acceptors (Lipinski definition) is 3. The number of nitriles is 1. The van der Waals surface area contributed by atoms with Gasteiger partial charge in [0.2, 0.25) is 0 Å². The standard InChI is InChI=1S/C14H18ClN3/c1-3-18-9-13(8-16)17(2)14(10-18)11-4-6-12(15)7-5-11/h4-7,13-14H,3,9-10H2,1-2H3. The molecule has 0 aromatic heterocycles. The van der Waals surface area contributed by atoms with E-state index in [0.717, 1.165) is 24.7 Å². The molecule has 1 fully saturated rings. The van der Waals surface area contributed by atoms with Crippen LogP contribution >= 0.6 is 11.6 Å². The van der Waals surface area contributed by atoms with Crippen LogP contribution in [-0.4, -0.2) is 42.5 Å². The summed E-state index contributed by atoms with van der Waals surface area (Å²) in [6.07, 6.45) is 0. The van der Waals surface area contributed by atoms with Crippen LogP contribution in [0.3, 0.4) is 0 Å². The first-order chi connectivity index (χ1) is 8.65. The molecule has 2 unspecified atom stereocenters. The SMILES string of the molecule is CCN1CC(C#N)N(C)C(c2ccc(Cl)cc2)C1. The Morgan fingerprint density at radius 1 is 1.33 bits per heavy atom. The minimum atomic E-state index is -0.0422. The highest BCUT2D eigenvalue weighted by molar-refractivity contribution is 6.30. The van der Waals surface area contributed by atoms with Gasteiger partial charge in [0.1, 0.15) is 6.04 Å². The number of piperazine rings is 1. The van der Waals surface area contributed by atoms with Crippen LogP contribution in [0.25, 0.3) is 0 Å². The fourth-order valence-corrected chi connectivity index (χ4v) is 2.58. The zero-order chi connectivity index (χ0) is 13.1. The van der Waals surface area contributed by atoms with Crippen molar-refractivity contribution in [3.05, 3.63) is 34.9 Å². The molecule has 2 atom stereocenters. The Kier molecular flexibility index (Phi) is 4.23. The molecule has 0 N–H and O–H groups in total. The second kappa shape index (κ2) is 5.71. The minimum absolute atomic E-state index is 0.0422. The van der Waals surface area contributed by atoms with Crippen LogP contribution in [0.2, 0.25) is 5.02 Å². The summed E-state index contributed by atoms with van der Waals surface area (Å²) in [7, 11) is 2.03. The summed E-state index contributed by atoms with van der Waals surface area (Å²) in [6.45, 7) is 4.91. The Hall–Kier alpha value is -1.08. The van der Waals surface area contributed by atoms with E-state index in [0.29, 0.717) is 0 Å². The third-order valence-corrected chi connectivity index (χ3v) is 3.95. The van der Waals surface area contributed by atoms with Gasteiger partial charge in [-0.05, 0) is 31.3 Å². The molecule has 4 heteroatoms. The number of rotatable bonds is 2. The average Bonchev–Trinajstić information content (AvgIpc) is 2.40. The van der Waals surface area contributed by atoms with Crippen LogP contribution in [-0.2, 0) is 0 Å². The quantitative estimate of drug-likeness (QED) is 0.822. The Morgan fingerprint density at radius 2 is 2.00 bits per heavy atom. The van der Waals surface area contributed by atoms with Crippen molar-refractivity contribution in [2.24, 2.45) is 0 Å². The largest absolute Gasteiger partial charge is 0.299 e. The molecule has 0 spiro atoms. The van der Waals surface area contributed by atoms with Crippen molar-refractivity contribution in [3.63, 3.8) is 0 Å². The molecule has 1 aromatic carbocycles. The van der Waals surface area contributed by atoms with Crippen LogP contribution < -0.4 is 0 Å². The van der Waals surface area contributed by atoms with E-state index in [1.807, 2.05) is 19.2 Å². The lowest BCUT2D eigenvalue weighted by Crippen LogP contribution is -2.52. The van der Waals surface area contributed by atoms with Gasteiger partial charge in [-0.15, -0.1) is 0 Å². The lowest BCUT2D eigenvalue weighted by molar-refractivity contribution is 0.0700. The summed E-state index contributed by atoms with van der Waals surface area (Å²) in [5, 5.41) is 10.00. The molecule has 0 radical (unpaired) electrons. The van der Waals surface area contributed by atoms with Gasteiger partial charge in [-0.25, -0.2) is 0 Å². The zero-order valence-corrected chi connectivity index (χ0v) is 11.6. The molecule has 0 saturated carbocycles. The maximum Gasteiger partial charge on any atom is 0.111 e. The Balaban J connectivity index is 2.24. The number of nitrogens with zero attached hydrogens (tertiary/aromatic N) is 3. The van der Waals surface area contributed by atoms with E-state index in [-0.39, 0.29) is 12.1 Å². The number of likely N-dealkylation sites (N-methyl/N-ethyl adjacent to an activating group) is 2. The molecular formula is C14H18ClN3. The fraction of sp³-hybridized carbons (Fsp3) is 0.500. The summed E-state index contributed by atoms with van der Waals surface area (Å²) in [5.41, 5.74) is 1.22. The number of halogens is 1. The van der Waals surface area contributed by atoms with Crippen LogP contribution in [0.1, 0.15) is 18.5 Å².